The van der Waals surface area contributed by atoms with Crippen molar-refractivity contribution < 1.29 is 0 Å². The second-order valence-electron chi connectivity index (χ2n) is 5.34. The first-order valence-corrected chi connectivity index (χ1v) is 7.29. The monoisotopic (exact) mass is 295 g/mol. The molecule has 0 spiro atoms. The number of aryl methyl sites for hydroxylation is 3. The van der Waals surface area contributed by atoms with Gasteiger partial charge in [0.05, 0.1) is 5.69 Å². The second-order valence-corrected chi connectivity index (χ2v) is 5.73. The lowest BCUT2D eigenvalue weighted by Crippen LogP contribution is -2.00. The van der Waals surface area contributed by atoms with Crippen molar-refractivity contribution in [1.29, 1.82) is 0 Å². The second kappa shape index (κ2) is 5.30. The molecular weight excluding hydrogens is 278 g/mol. The van der Waals surface area contributed by atoms with E-state index in [-0.39, 0.29) is 0 Å². The van der Waals surface area contributed by atoms with E-state index in [4.69, 9.17) is 12.2 Å². The van der Waals surface area contributed by atoms with Gasteiger partial charge in [0, 0.05) is 5.56 Å². The maximum absolute atomic E-state index is 5.42. The highest BCUT2D eigenvalue weighted by Crippen LogP contribution is 2.24. The highest BCUT2D eigenvalue weighted by Gasteiger charge is 2.12. The van der Waals surface area contributed by atoms with Crippen LogP contribution in [0, 0.1) is 25.5 Å². The van der Waals surface area contributed by atoms with Crippen LogP contribution in [-0.2, 0) is 0 Å². The van der Waals surface area contributed by atoms with E-state index in [0.29, 0.717) is 4.77 Å². The van der Waals surface area contributed by atoms with Crippen LogP contribution in [0.2, 0.25) is 0 Å². The molecule has 0 bridgehead atoms. The molecule has 1 N–H and O–H groups in total. The highest BCUT2D eigenvalue weighted by atomic mass is 32.1. The van der Waals surface area contributed by atoms with Gasteiger partial charge in [0.25, 0.3) is 0 Å². The number of H-pyrrole nitrogens is 1. The maximum atomic E-state index is 5.42. The fourth-order valence-electron chi connectivity index (χ4n) is 2.47. The topological polar surface area (TPSA) is 33.6 Å². The van der Waals surface area contributed by atoms with Crippen molar-refractivity contribution in [3.8, 4) is 17.1 Å². The molecule has 3 aromatic rings. The normalized spacial score (nSPS) is 10.8. The maximum Gasteiger partial charge on any atom is 0.200 e. The Labute approximate surface area is 129 Å². The molecule has 0 amide bonds. The van der Waals surface area contributed by atoms with Gasteiger partial charge in [-0.3, -0.25) is 9.67 Å². The van der Waals surface area contributed by atoms with Crippen molar-refractivity contribution in [3.63, 3.8) is 0 Å². The third-order valence-electron chi connectivity index (χ3n) is 3.58. The fraction of sp³-hybridized carbons (Fsp3) is 0.176. The smallest absolute Gasteiger partial charge is 0.200 e. The first-order chi connectivity index (χ1) is 10.1. The standard InChI is InChI=1S/C17H17N3S/c1-11-4-7-14(8-5-11)16-18-19-17(21)20(16)15-9-6-12(2)10-13(15)3/h4-10H,1-3H3,(H,19,21). The average molecular weight is 295 g/mol. The zero-order valence-electron chi connectivity index (χ0n) is 12.3. The molecule has 106 valence electrons. The number of nitrogens with zero attached hydrogens (tertiary/aromatic N) is 2. The van der Waals surface area contributed by atoms with Gasteiger partial charge < -0.3 is 0 Å². The Morgan fingerprint density at radius 3 is 2.29 bits per heavy atom. The van der Waals surface area contributed by atoms with Gasteiger partial charge in [-0.05, 0) is 44.6 Å². The Kier molecular flexibility index (Phi) is 3.47. The minimum absolute atomic E-state index is 0.609. The van der Waals surface area contributed by atoms with Crippen LogP contribution in [0.1, 0.15) is 16.7 Å². The number of nitrogens with one attached hydrogen (secondary N) is 1. The van der Waals surface area contributed by atoms with Crippen LogP contribution in [-0.4, -0.2) is 14.8 Å². The van der Waals surface area contributed by atoms with E-state index >= 15 is 0 Å². The van der Waals surface area contributed by atoms with Crippen LogP contribution in [0.5, 0.6) is 0 Å². The molecule has 0 fully saturated rings. The van der Waals surface area contributed by atoms with E-state index in [1.165, 1.54) is 16.7 Å². The zero-order valence-corrected chi connectivity index (χ0v) is 13.2. The molecule has 0 saturated carbocycles. The van der Waals surface area contributed by atoms with Crippen molar-refractivity contribution in [1.82, 2.24) is 14.8 Å². The largest absolute Gasteiger partial charge is 0.268 e. The number of hydrogen-bond acceptors (Lipinski definition) is 2. The molecule has 0 unspecified atom stereocenters. The van der Waals surface area contributed by atoms with E-state index < -0.39 is 0 Å². The number of aromatic amines is 1. The van der Waals surface area contributed by atoms with Gasteiger partial charge in [-0.15, -0.1) is 0 Å². The van der Waals surface area contributed by atoms with Crippen LogP contribution in [0.15, 0.2) is 42.5 Å². The van der Waals surface area contributed by atoms with E-state index in [0.717, 1.165) is 17.1 Å². The van der Waals surface area contributed by atoms with E-state index in [9.17, 15) is 0 Å². The Morgan fingerprint density at radius 2 is 1.62 bits per heavy atom. The number of hydrogen-bond donors (Lipinski definition) is 1. The quantitative estimate of drug-likeness (QED) is 0.705. The lowest BCUT2D eigenvalue weighted by Gasteiger charge is -2.11. The van der Waals surface area contributed by atoms with Gasteiger partial charge in [-0.2, -0.15) is 5.10 Å². The van der Waals surface area contributed by atoms with Gasteiger partial charge in [0.1, 0.15) is 0 Å². The third kappa shape index (κ3) is 2.54. The van der Waals surface area contributed by atoms with E-state index in [2.05, 4.69) is 73.4 Å². The minimum Gasteiger partial charge on any atom is -0.268 e. The van der Waals surface area contributed by atoms with Crippen LogP contribution < -0.4 is 0 Å². The summed E-state index contributed by atoms with van der Waals surface area (Å²) >= 11 is 5.42. The molecule has 0 radical (unpaired) electrons. The van der Waals surface area contributed by atoms with Crippen molar-refractivity contribution in [2.45, 2.75) is 20.8 Å². The van der Waals surface area contributed by atoms with Crippen molar-refractivity contribution >= 4 is 12.2 Å². The first kappa shape index (κ1) is 13.8. The number of rotatable bonds is 2. The van der Waals surface area contributed by atoms with Gasteiger partial charge >= 0.3 is 0 Å². The summed E-state index contributed by atoms with van der Waals surface area (Å²) in [6, 6.07) is 14.6. The lowest BCUT2D eigenvalue weighted by atomic mass is 10.1. The summed E-state index contributed by atoms with van der Waals surface area (Å²) in [7, 11) is 0. The van der Waals surface area contributed by atoms with Gasteiger partial charge in [0.2, 0.25) is 0 Å². The van der Waals surface area contributed by atoms with Crippen molar-refractivity contribution in [2.24, 2.45) is 0 Å². The number of aromatic nitrogens is 3. The molecule has 0 aliphatic rings. The van der Waals surface area contributed by atoms with Crippen molar-refractivity contribution in [2.75, 3.05) is 0 Å². The highest BCUT2D eigenvalue weighted by molar-refractivity contribution is 7.71. The average Bonchev–Trinajstić information content (AvgIpc) is 2.82. The Hall–Kier alpha value is -2.20. The van der Waals surface area contributed by atoms with Gasteiger partial charge in [0.15, 0.2) is 10.6 Å². The summed E-state index contributed by atoms with van der Waals surface area (Å²) in [4.78, 5) is 0. The lowest BCUT2D eigenvalue weighted by molar-refractivity contribution is 1.02. The minimum atomic E-state index is 0.609. The first-order valence-electron chi connectivity index (χ1n) is 6.88. The Bertz CT molecular complexity index is 841. The summed E-state index contributed by atoms with van der Waals surface area (Å²) < 4.78 is 2.60. The predicted molar refractivity (Wildman–Crippen MR) is 88.4 cm³/mol. The molecule has 4 heteroatoms. The summed E-state index contributed by atoms with van der Waals surface area (Å²) in [5, 5.41) is 7.31. The molecular formula is C17H17N3S. The van der Waals surface area contributed by atoms with Crippen LogP contribution in [0.3, 0.4) is 0 Å². The van der Waals surface area contributed by atoms with E-state index in [1.54, 1.807) is 0 Å². The summed E-state index contributed by atoms with van der Waals surface area (Å²) in [6.45, 7) is 6.26. The molecule has 0 atom stereocenters. The molecule has 0 aliphatic heterocycles. The molecule has 3 nitrogen and oxygen atoms in total. The SMILES string of the molecule is Cc1ccc(-c2n[nH]c(=S)n2-c2ccc(C)cc2C)cc1. The van der Waals surface area contributed by atoms with E-state index in [1.807, 2.05) is 4.57 Å². The molecule has 2 aromatic carbocycles. The molecule has 3 rings (SSSR count). The molecule has 21 heavy (non-hydrogen) atoms. The van der Waals surface area contributed by atoms with Gasteiger partial charge in [-0.1, -0.05) is 47.5 Å². The molecule has 0 saturated heterocycles. The fourth-order valence-corrected chi connectivity index (χ4v) is 2.70. The number of benzene rings is 2. The summed E-state index contributed by atoms with van der Waals surface area (Å²) in [6.07, 6.45) is 0. The predicted octanol–water partition coefficient (Wildman–Crippen LogP) is 4.52. The molecule has 1 heterocycles. The molecule has 0 aliphatic carbocycles. The summed E-state index contributed by atoms with van der Waals surface area (Å²) in [5.41, 5.74) is 5.76. The van der Waals surface area contributed by atoms with Gasteiger partial charge in [-0.25, -0.2) is 0 Å². The summed E-state index contributed by atoms with van der Waals surface area (Å²) in [5.74, 6) is 0.840. The van der Waals surface area contributed by atoms with Crippen LogP contribution in [0.25, 0.3) is 17.1 Å². The Morgan fingerprint density at radius 1 is 0.952 bits per heavy atom. The zero-order chi connectivity index (χ0) is 15.0. The van der Waals surface area contributed by atoms with Crippen LogP contribution >= 0.6 is 12.2 Å². The molecule has 1 aromatic heterocycles. The van der Waals surface area contributed by atoms with Crippen LogP contribution in [0.4, 0.5) is 0 Å². The van der Waals surface area contributed by atoms with Crippen molar-refractivity contribution in [3.05, 3.63) is 63.9 Å². The Balaban J connectivity index is 2.22. The third-order valence-corrected chi connectivity index (χ3v) is 3.85.